The Bertz CT molecular complexity index is 176. The highest BCUT2D eigenvalue weighted by Crippen LogP contribution is 2.12. The average molecular weight is 224 g/mol. The van der Waals surface area contributed by atoms with E-state index in [4.69, 9.17) is 10.2 Å². The van der Waals surface area contributed by atoms with Crippen LogP contribution in [0.3, 0.4) is 0 Å². The van der Waals surface area contributed by atoms with Gasteiger partial charge < -0.3 is 10.2 Å². The molecule has 0 saturated heterocycles. The molecule has 0 fully saturated rings. The van der Waals surface area contributed by atoms with Crippen molar-refractivity contribution in [1.82, 2.24) is 4.98 Å². The van der Waals surface area contributed by atoms with Gasteiger partial charge in [-0.3, -0.25) is 0 Å². The van der Waals surface area contributed by atoms with E-state index >= 15 is 0 Å². The van der Waals surface area contributed by atoms with Gasteiger partial charge in [0.25, 0.3) is 3.90 Å². The molecule has 0 aliphatic carbocycles. The van der Waals surface area contributed by atoms with Gasteiger partial charge in [-0.05, 0) is 6.92 Å². The summed E-state index contributed by atoms with van der Waals surface area (Å²) in [6.07, 6.45) is 0. The molecule has 0 saturated carbocycles. The van der Waals surface area contributed by atoms with Crippen molar-refractivity contribution in [3.8, 4) is 0 Å². The molecule has 0 radical (unpaired) electrons. The molecule has 0 atom stereocenters. The summed E-state index contributed by atoms with van der Waals surface area (Å²) in [6, 6.07) is 0. The maximum atomic E-state index is 5.31. The fourth-order valence-electron chi connectivity index (χ4n) is 0.374. The highest BCUT2D eigenvalue weighted by molar-refractivity contribution is 14.1. The SMILES string of the molecule is Cc1nc(I)oc1N. The number of nitrogens with zero attached hydrogens (tertiary/aromatic N) is 1. The Hall–Kier alpha value is -0.260. The van der Waals surface area contributed by atoms with Crippen LogP contribution in [0.5, 0.6) is 0 Å². The summed E-state index contributed by atoms with van der Waals surface area (Å²) in [5.74, 6) is 0.411. The van der Waals surface area contributed by atoms with Crippen LogP contribution in [-0.2, 0) is 0 Å². The van der Waals surface area contributed by atoms with Crippen LogP contribution in [0.4, 0.5) is 5.88 Å². The van der Waals surface area contributed by atoms with Gasteiger partial charge in [0, 0.05) is 22.6 Å². The second kappa shape index (κ2) is 1.93. The van der Waals surface area contributed by atoms with Gasteiger partial charge in [-0.15, -0.1) is 0 Å². The molecule has 8 heavy (non-hydrogen) atoms. The minimum Gasteiger partial charge on any atom is -0.416 e. The zero-order chi connectivity index (χ0) is 6.15. The molecule has 0 unspecified atom stereocenters. The van der Waals surface area contributed by atoms with Crippen LogP contribution in [0.15, 0.2) is 4.42 Å². The minimum absolute atomic E-state index is 0.411. The number of anilines is 1. The highest BCUT2D eigenvalue weighted by Gasteiger charge is 1.99. The Morgan fingerprint density at radius 3 is 2.50 bits per heavy atom. The molecule has 1 aromatic heterocycles. The maximum absolute atomic E-state index is 5.31. The topological polar surface area (TPSA) is 52.0 Å². The number of halogens is 1. The van der Waals surface area contributed by atoms with E-state index in [9.17, 15) is 0 Å². The highest BCUT2D eigenvalue weighted by atomic mass is 127. The quantitative estimate of drug-likeness (QED) is 0.673. The van der Waals surface area contributed by atoms with Crippen LogP contribution < -0.4 is 5.73 Å². The first-order valence-corrected chi connectivity index (χ1v) is 3.16. The van der Waals surface area contributed by atoms with Crippen molar-refractivity contribution < 1.29 is 4.42 Å². The van der Waals surface area contributed by atoms with Gasteiger partial charge in [0.1, 0.15) is 5.69 Å². The Kier molecular flexibility index (Phi) is 1.41. The molecule has 0 spiro atoms. The maximum Gasteiger partial charge on any atom is 0.259 e. The van der Waals surface area contributed by atoms with Crippen LogP contribution in [-0.4, -0.2) is 4.98 Å². The van der Waals surface area contributed by atoms with E-state index < -0.39 is 0 Å². The van der Waals surface area contributed by atoms with Crippen LogP contribution in [0.25, 0.3) is 0 Å². The van der Waals surface area contributed by atoms with Gasteiger partial charge in [0.2, 0.25) is 5.88 Å². The molecule has 2 N–H and O–H groups in total. The number of oxazole rings is 1. The van der Waals surface area contributed by atoms with E-state index in [1.54, 1.807) is 6.92 Å². The van der Waals surface area contributed by atoms with Gasteiger partial charge in [-0.1, -0.05) is 0 Å². The van der Waals surface area contributed by atoms with E-state index in [0.29, 0.717) is 9.78 Å². The van der Waals surface area contributed by atoms with Crippen molar-refractivity contribution in [2.45, 2.75) is 6.92 Å². The third-order valence-electron chi connectivity index (χ3n) is 0.806. The van der Waals surface area contributed by atoms with Crippen LogP contribution >= 0.6 is 22.6 Å². The normalized spacial score (nSPS) is 9.75. The zero-order valence-corrected chi connectivity index (χ0v) is 6.47. The average Bonchev–Trinajstić information content (AvgIpc) is 1.85. The van der Waals surface area contributed by atoms with Crippen molar-refractivity contribution in [3.63, 3.8) is 0 Å². The molecule has 0 aromatic carbocycles. The monoisotopic (exact) mass is 224 g/mol. The molecule has 0 aliphatic rings. The third kappa shape index (κ3) is 0.936. The number of rotatable bonds is 0. The Morgan fingerprint density at radius 1 is 1.75 bits per heavy atom. The Balaban J connectivity index is 3.14. The van der Waals surface area contributed by atoms with Crippen molar-refractivity contribution in [3.05, 3.63) is 9.59 Å². The summed E-state index contributed by atoms with van der Waals surface area (Å²) in [6.45, 7) is 1.81. The molecule has 4 heteroatoms. The van der Waals surface area contributed by atoms with E-state index in [0.717, 1.165) is 5.69 Å². The van der Waals surface area contributed by atoms with E-state index in [1.807, 2.05) is 22.6 Å². The fraction of sp³-hybridized carbons (Fsp3) is 0.250. The van der Waals surface area contributed by atoms with E-state index in [1.165, 1.54) is 0 Å². The lowest BCUT2D eigenvalue weighted by atomic mass is 10.5. The number of aryl methyl sites for hydroxylation is 1. The molecule has 3 nitrogen and oxygen atoms in total. The molecular weight excluding hydrogens is 219 g/mol. The van der Waals surface area contributed by atoms with Crippen LogP contribution in [0.1, 0.15) is 5.69 Å². The lowest BCUT2D eigenvalue weighted by Crippen LogP contribution is -1.82. The van der Waals surface area contributed by atoms with Crippen molar-refractivity contribution in [2.24, 2.45) is 0 Å². The first-order valence-electron chi connectivity index (χ1n) is 2.08. The third-order valence-corrected chi connectivity index (χ3v) is 1.27. The molecule has 1 heterocycles. The van der Waals surface area contributed by atoms with Gasteiger partial charge in [0.05, 0.1) is 0 Å². The van der Waals surface area contributed by atoms with E-state index in [-0.39, 0.29) is 0 Å². The largest absolute Gasteiger partial charge is 0.416 e. The van der Waals surface area contributed by atoms with Crippen LogP contribution in [0, 0.1) is 10.8 Å². The molecule has 0 bridgehead atoms. The van der Waals surface area contributed by atoms with Crippen molar-refractivity contribution in [2.75, 3.05) is 5.73 Å². The predicted molar refractivity (Wildman–Crippen MR) is 38.4 cm³/mol. The predicted octanol–water partition coefficient (Wildman–Crippen LogP) is 1.17. The summed E-state index contributed by atoms with van der Waals surface area (Å²) in [5.41, 5.74) is 6.07. The Morgan fingerprint density at radius 2 is 2.38 bits per heavy atom. The zero-order valence-electron chi connectivity index (χ0n) is 4.31. The summed E-state index contributed by atoms with van der Waals surface area (Å²) in [5, 5.41) is 0. The summed E-state index contributed by atoms with van der Waals surface area (Å²) in [4.78, 5) is 3.91. The number of hydrogen-bond donors (Lipinski definition) is 1. The summed E-state index contributed by atoms with van der Waals surface area (Å²) < 4.78 is 5.46. The lowest BCUT2D eigenvalue weighted by Gasteiger charge is -1.77. The lowest BCUT2D eigenvalue weighted by molar-refractivity contribution is 0.543. The van der Waals surface area contributed by atoms with Crippen molar-refractivity contribution >= 4 is 28.5 Å². The second-order valence-electron chi connectivity index (χ2n) is 1.42. The molecule has 44 valence electrons. The summed E-state index contributed by atoms with van der Waals surface area (Å²) >= 11 is 1.97. The molecule has 1 aromatic rings. The van der Waals surface area contributed by atoms with Crippen LogP contribution in [0.2, 0.25) is 0 Å². The minimum atomic E-state index is 0.411. The van der Waals surface area contributed by atoms with Gasteiger partial charge in [0.15, 0.2) is 0 Å². The van der Waals surface area contributed by atoms with Gasteiger partial charge >= 0.3 is 0 Å². The first-order chi connectivity index (χ1) is 3.70. The molecule has 0 aliphatic heterocycles. The fourth-order valence-corrected chi connectivity index (χ4v) is 0.973. The van der Waals surface area contributed by atoms with Gasteiger partial charge in [-0.2, -0.15) is 0 Å². The Labute approximate surface area is 60.4 Å². The van der Waals surface area contributed by atoms with Gasteiger partial charge in [-0.25, -0.2) is 4.98 Å². The molecule has 0 amide bonds. The molecular formula is C4H5IN2O. The number of hydrogen-bond acceptors (Lipinski definition) is 3. The number of nitrogen functional groups attached to an aromatic ring is 1. The second-order valence-corrected chi connectivity index (χ2v) is 2.34. The standard InChI is InChI=1S/C4H5IN2O/c1-2-3(6)8-4(5)7-2/h6H2,1H3. The smallest absolute Gasteiger partial charge is 0.259 e. The first kappa shape index (κ1) is 5.87. The number of nitrogens with two attached hydrogens (primary N) is 1. The van der Waals surface area contributed by atoms with Crippen molar-refractivity contribution in [1.29, 1.82) is 0 Å². The molecule has 1 rings (SSSR count). The number of aromatic nitrogens is 1. The van der Waals surface area contributed by atoms with E-state index in [2.05, 4.69) is 4.98 Å². The summed E-state index contributed by atoms with van der Waals surface area (Å²) in [7, 11) is 0.